The van der Waals surface area contributed by atoms with E-state index in [1.807, 2.05) is 34.7 Å². The van der Waals surface area contributed by atoms with E-state index in [4.69, 9.17) is 4.74 Å². The summed E-state index contributed by atoms with van der Waals surface area (Å²) >= 11 is 0. The normalized spacial score (nSPS) is 21.4. The molecule has 2 aliphatic heterocycles. The molecule has 0 spiro atoms. The predicted octanol–water partition coefficient (Wildman–Crippen LogP) is 2.77. The Labute approximate surface area is 187 Å². The van der Waals surface area contributed by atoms with Crippen molar-refractivity contribution in [3.05, 3.63) is 12.2 Å². The summed E-state index contributed by atoms with van der Waals surface area (Å²) in [5, 5.41) is 3.46. The van der Waals surface area contributed by atoms with Crippen molar-refractivity contribution in [3.8, 4) is 0 Å². The molecule has 1 saturated heterocycles. The summed E-state index contributed by atoms with van der Waals surface area (Å²) in [5.74, 6) is 0.955. The average Bonchev–Trinajstić information content (AvgIpc) is 3.27. The number of aliphatic imine (C=N–C) groups is 1. The van der Waals surface area contributed by atoms with Gasteiger partial charge in [-0.25, -0.2) is 4.79 Å². The van der Waals surface area contributed by atoms with Crippen LogP contribution in [0.2, 0.25) is 0 Å². The maximum atomic E-state index is 12.2. The van der Waals surface area contributed by atoms with Crippen molar-refractivity contribution < 1.29 is 9.53 Å². The third-order valence-corrected chi connectivity index (χ3v) is 5.23. The molecule has 0 saturated carbocycles. The van der Waals surface area contributed by atoms with Crippen molar-refractivity contribution in [2.75, 3.05) is 46.8 Å². The number of amides is 1. The molecule has 0 aromatic heterocycles. The van der Waals surface area contributed by atoms with E-state index in [0.717, 1.165) is 45.1 Å². The summed E-state index contributed by atoms with van der Waals surface area (Å²) in [6.07, 6.45) is 6.24. The van der Waals surface area contributed by atoms with E-state index in [0.29, 0.717) is 6.04 Å². The molecule has 0 aromatic carbocycles. The van der Waals surface area contributed by atoms with Crippen LogP contribution in [0.4, 0.5) is 4.79 Å². The van der Waals surface area contributed by atoms with Crippen LogP contribution in [0.1, 0.15) is 40.5 Å². The van der Waals surface area contributed by atoms with E-state index in [-0.39, 0.29) is 36.1 Å². The molecule has 0 aromatic rings. The maximum absolute atomic E-state index is 12.2. The molecule has 162 valence electrons. The summed E-state index contributed by atoms with van der Waals surface area (Å²) in [6, 6.07) is 0.697. The molecule has 2 aliphatic rings. The van der Waals surface area contributed by atoms with Gasteiger partial charge in [-0.05, 0) is 40.5 Å². The highest BCUT2D eigenvalue weighted by atomic mass is 127. The molecule has 2 unspecified atom stereocenters. The van der Waals surface area contributed by atoms with Gasteiger partial charge in [-0.15, -0.1) is 24.0 Å². The van der Waals surface area contributed by atoms with E-state index in [9.17, 15) is 4.79 Å². The van der Waals surface area contributed by atoms with Gasteiger partial charge in [0.05, 0.1) is 0 Å². The van der Waals surface area contributed by atoms with Gasteiger partial charge in [0.25, 0.3) is 0 Å². The fourth-order valence-electron chi connectivity index (χ4n) is 3.46. The Morgan fingerprint density at radius 1 is 1.36 bits per heavy atom. The van der Waals surface area contributed by atoms with Gasteiger partial charge in [-0.1, -0.05) is 12.2 Å². The third-order valence-electron chi connectivity index (χ3n) is 5.23. The molecule has 7 nitrogen and oxygen atoms in total. The van der Waals surface area contributed by atoms with E-state index in [2.05, 4.69) is 32.3 Å². The van der Waals surface area contributed by atoms with Crippen LogP contribution in [0.25, 0.3) is 0 Å². The van der Waals surface area contributed by atoms with E-state index in [1.54, 1.807) is 11.9 Å². The molecule has 0 aliphatic carbocycles. The standard InChI is InChI=1S/C20H37N5O2.HI/c1-16(23(6)19(26)27-20(2,3)4)9-11-22-18(21-5)25-14-10-17(15-25)24-12-7-8-13-24;/h7-8,16-17H,9-15H2,1-6H3,(H,21,22);1H. The highest BCUT2D eigenvalue weighted by Gasteiger charge is 2.29. The second kappa shape index (κ2) is 11.2. The molecule has 1 N–H and O–H groups in total. The molecular weight excluding hydrogens is 469 g/mol. The zero-order valence-corrected chi connectivity index (χ0v) is 20.6. The Kier molecular flexibility index (Phi) is 10.0. The quantitative estimate of drug-likeness (QED) is 0.269. The van der Waals surface area contributed by atoms with Gasteiger partial charge < -0.3 is 19.9 Å². The first-order valence-corrected chi connectivity index (χ1v) is 10.0. The molecule has 1 amide bonds. The second-order valence-corrected chi connectivity index (χ2v) is 8.52. The fraction of sp³-hybridized carbons (Fsp3) is 0.800. The van der Waals surface area contributed by atoms with Gasteiger partial charge in [0.1, 0.15) is 5.60 Å². The highest BCUT2D eigenvalue weighted by molar-refractivity contribution is 14.0. The molecule has 8 heteroatoms. The summed E-state index contributed by atoms with van der Waals surface area (Å²) < 4.78 is 5.44. The van der Waals surface area contributed by atoms with Crippen molar-refractivity contribution in [1.29, 1.82) is 0 Å². The number of guanidine groups is 1. The smallest absolute Gasteiger partial charge is 0.410 e. The van der Waals surface area contributed by atoms with Crippen molar-refractivity contribution in [2.24, 2.45) is 4.99 Å². The van der Waals surface area contributed by atoms with E-state index >= 15 is 0 Å². The summed E-state index contributed by atoms with van der Waals surface area (Å²) in [6.45, 7) is 12.7. The monoisotopic (exact) mass is 507 g/mol. The van der Waals surface area contributed by atoms with Gasteiger partial charge in [-0.3, -0.25) is 9.89 Å². The zero-order chi connectivity index (χ0) is 20.0. The van der Waals surface area contributed by atoms with Crippen LogP contribution in [0, 0.1) is 0 Å². The number of carbonyl (C=O) groups is 1. The van der Waals surface area contributed by atoms with Crippen LogP contribution in [-0.4, -0.2) is 91.3 Å². The fourth-order valence-corrected chi connectivity index (χ4v) is 3.46. The van der Waals surface area contributed by atoms with Crippen molar-refractivity contribution >= 4 is 36.0 Å². The molecule has 2 atom stereocenters. The van der Waals surface area contributed by atoms with E-state index in [1.165, 1.54) is 6.42 Å². The molecular formula is C20H38IN5O2. The lowest BCUT2D eigenvalue weighted by Gasteiger charge is -2.29. The van der Waals surface area contributed by atoms with Crippen LogP contribution in [0.3, 0.4) is 0 Å². The first-order chi connectivity index (χ1) is 12.7. The van der Waals surface area contributed by atoms with Gasteiger partial charge in [0, 0.05) is 58.9 Å². The minimum atomic E-state index is -0.470. The second-order valence-electron chi connectivity index (χ2n) is 8.52. The number of nitrogens with zero attached hydrogens (tertiary/aromatic N) is 4. The summed E-state index contributed by atoms with van der Waals surface area (Å²) in [5.41, 5.74) is -0.470. The number of likely N-dealkylation sites (tertiary alicyclic amines) is 1. The molecule has 1 fully saturated rings. The molecule has 2 rings (SSSR count). The van der Waals surface area contributed by atoms with Crippen molar-refractivity contribution in [2.45, 2.75) is 58.2 Å². The molecule has 0 bridgehead atoms. The van der Waals surface area contributed by atoms with Gasteiger partial charge in [-0.2, -0.15) is 0 Å². The lowest BCUT2D eigenvalue weighted by atomic mass is 10.2. The lowest BCUT2D eigenvalue weighted by Crippen LogP contribution is -2.45. The SMILES string of the molecule is CN=C(NCCC(C)N(C)C(=O)OC(C)(C)C)N1CCC(N2CC=CC2)C1.I. The number of halogens is 1. The van der Waals surface area contributed by atoms with Crippen LogP contribution in [0.15, 0.2) is 17.1 Å². The predicted molar refractivity (Wildman–Crippen MR) is 126 cm³/mol. The number of ether oxygens (including phenoxy) is 1. The van der Waals surface area contributed by atoms with Crippen molar-refractivity contribution in [3.63, 3.8) is 0 Å². The Balaban J connectivity index is 0.00000392. The first kappa shape index (κ1) is 25.0. The zero-order valence-electron chi connectivity index (χ0n) is 18.3. The number of carbonyl (C=O) groups excluding carboxylic acids is 1. The lowest BCUT2D eigenvalue weighted by molar-refractivity contribution is 0.0230. The number of rotatable bonds is 5. The first-order valence-electron chi connectivity index (χ1n) is 10.0. The van der Waals surface area contributed by atoms with Gasteiger partial charge >= 0.3 is 6.09 Å². The third kappa shape index (κ3) is 7.42. The van der Waals surface area contributed by atoms with Crippen LogP contribution in [-0.2, 0) is 4.74 Å². The number of nitrogens with one attached hydrogen (secondary N) is 1. The van der Waals surface area contributed by atoms with Crippen LogP contribution >= 0.6 is 24.0 Å². The van der Waals surface area contributed by atoms with Crippen molar-refractivity contribution in [1.82, 2.24) is 20.0 Å². The maximum Gasteiger partial charge on any atom is 0.410 e. The largest absolute Gasteiger partial charge is 0.444 e. The summed E-state index contributed by atoms with van der Waals surface area (Å²) in [7, 11) is 3.63. The average molecular weight is 507 g/mol. The number of hydrogen-bond acceptors (Lipinski definition) is 4. The summed E-state index contributed by atoms with van der Waals surface area (Å²) in [4.78, 5) is 23.1. The minimum Gasteiger partial charge on any atom is -0.444 e. The Morgan fingerprint density at radius 2 is 2.00 bits per heavy atom. The van der Waals surface area contributed by atoms with Gasteiger partial charge in [0.15, 0.2) is 5.96 Å². The topological polar surface area (TPSA) is 60.4 Å². The Morgan fingerprint density at radius 3 is 2.57 bits per heavy atom. The minimum absolute atomic E-state index is 0. The van der Waals surface area contributed by atoms with Crippen LogP contribution in [0.5, 0.6) is 0 Å². The Hall–Kier alpha value is -1.03. The van der Waals surface area contributed by atoms with E-state index < -0.39 is 5.60 Å². The molecule has 2 heterocycles. The molecule has 28 heavy (non-hydrogen) atoms. The molecule has 0 radical (unpaired) electrons. The van der Waals surface area contributed by atoms with Crippen LogP contribution < -0.4 is 5.32 Å². The van der Waals surface area contributed by atoms with Gasteiger partial charge in [0.2, 0.25) is 0 Å². The highest BCUT2D eigenvalue weighted by Crippen LogP contribution is 2.18. The number of hydrogen-bond donors (Lipinski definition) is 1. The Bertz CT molecular complexity index is 553.